The molecule has 14 heavy (non-hydrogen) atoms. The molecule has 2 N–H and O–H groups in total. The highest BCUT2D eigenvalue weighted by Gasteiger charge is 2.27. The van der Waals surface area contributed by atoms with Crippen molar-refractivity contribution in [1.29, 1.82) is 0 Å². The number of piperidine rings is 1. The molecule has 84 valence electrons. The van der Waals surface area contributed by atoms with Crippen molar-refractivity contribution in [3.8, 4) is 0 Å². The maximum absolute atomic E-state index is 5.79. The highest BCUT2D eigenvalue weighted by Crippen LogP contribution is 2.19. The van der Waals surface area contributed by atoms with E-state index in [0.29, 0.717) is 12.1 Å². The molecule has 0 aromatic heterocycles. The molecule has 0 saturated carbocycles. The van der Waals surface area contributed by atoms with E-state index in [0.717, 1.165) is 38.4 Å². The molecule has 1 aliphatic heterocycles. The van der Waals surface area contributed by atoms with Gasteiger partial charge in [0.1, 0.15) is 0 Å². The van der Waals surface area contributed by atoms with Gasteiger partial charge in [0.25, 0.3) is 0 Å². The third kappa shape index (κ3) is 3.23. The summed E-state index contributed by atoms with van der Waals surface area (Å²) in [7, 11) is 1.80. The standard InChI is InChI=1S/C11H24N2O/c1-9(2)8-13-5-4-11(14-3)6-10(13)7-12/h9-11H,4-8,12H2,1-3H3. The summed E-state index contributed by atoms with van der Waals surface area (Å²) < 4.78 is 5.39. The van der Waals surface area contributed by atoms with Gasteiger partial charge in [-0.3, -0.25) is 4.90 Å². The van der Waals surface area contributed by atoms with Crippen LogP contribution in [0.4, 0.5) is 0 Å². The van der Waals surface area contributed by atoms with Crippen LogP contribution in [0.25, 0.3) is 0 Å². The average Bonchev–Trinajstić information content (AvgIpc) is 2.17. The van der Waals surface area contributed by atoms with E-state index >= 15 is 0 Å². The van der Waals surface area contributed by atoms with Gasteiger partial charge in [0.15, 0.2) is 0 Å². The summed E-state index contributed by atoms with van der Waals surface area (Å²) in [6.45, 7) is 7.58. The molecule has 3 nitrogen and oxygen atoms in total. The van der Waals surface area contributed by atoms with Crippen LogP contribution in [0.15, 0.2) is 0 Å². The normalized spacial score (nSPS) is 29.8. The Morgan fingerprint density at radius 2 is 2.21 bits per heavy atom. The van der Waals surface area contributed by atoms with Crippen LogP contribution in [0, 0.1) is 5.92 Å². The number of hydrogen-bond acceptors (Lipinski definition) is 3. The number of likely N-dealkylation sites (tertiary alicyclic amines) is 1. The van der Waals surface area contributed by atoms with Crippen LogP contribution in [0.1, 0.15) is 26.7 Å². The first-order valence-corrected chi connectivity index (χ1v) is 5.64. The van der Waals surface area contributed by atoms with Crippen LogP contribution in [0.5, 0.6) is 0 Å². The Kier molecular flexibility index (Phi) is 4.85. The van der Waals surface area contributed by atoms with Gasteiger partial charge in [-0.15, -0.1) is 0 Å². The van der Waals surface area contributed by atoms with E-state index in [9.17, 15) is 0 Å². The molecule has 0 aliphatic carbocycles. The molecule has 0 amide bonds. The van der Waals surface area contributed by atoms with E-state index in [4.69, 9.17) is 10.5 Å². The van der Waals surface area contributed by atoms with Crippen molar-refractivity contribution in [1.82, 2.24) is 4.90 Å². The zero-order valence-corrected chi connectivity index (χ0v) is 9.70. The quantitative estimate of drug-likeness (QED) is 0.738. The summed E-state index contributed by atoms with van der Waals surface area (Å²) in [4.78, 5) is 2.51. The zero-order chi connectivity index (χ0) is 10.6. The lowest BCUT2D eigenvalue weighted by atomic mass is 9.98. The SMILES string of the molecule is COC1CCN(CC(C)C)C(CN)C1. The second kappa shape index (κ2) is 5.69. The number of nitrogens with zero attached hydrogens (tertiary/aromatic N) is 1. The van der Waals surface area contributed by atoms with Gasteiger partial charge in [-0.1, -0.05) is 13.8 Å². The second-order valence-electron chi connectivity index (χ2n) is 4.66. The highest BCUT2D eigenvalue weighted by atomic mass is 16.5. The van der Waals surface area contributed by atoms with Crippen LogP contribution in [-0.4, -0.2) is 43.8 Å². The molecule has 0 radical (unpaired) electrons. The summed E-state index contributed by atoms with van der Waals surface area (Å²) in [6.07, 6.45) is 2.67. The van der Waals surface area contributed by atoms with E-state index in [1.165, 1.54) is 0 Å². The van der Waals surface area contributed by atoms with Crippen LogP contribution >= 0.6 is 0 Å². The van der Waals surface area contributed by atoms with E-state index in [2.05, 4.69) is 18.7 Å². The van der Waals surface area contributed by atoms with Crippen molar-refractivity contribution in [3.63, 3.8) is 0 Å². The maximum Gasteiger partial charge on any atom is 0.0599 e. The smallest absolute Gasteiger partial charge is 0.0599 e. The fourth-order valence-electron chi connectivity index (χ4n) is 2.23. The molecule has 1 rings (SSSR count). The van der Waals surface area contributed by atoms with Crippen molar-refractivity contribution < 1.29 is 4.74 Å². The van der Waals surface area contributed by atoms with Crippen molar-refractivity contribution >= 4 is 0 Å². The minimum atomic E-state index is 0.423. The van der Waals surface area contributed by atoms with Gasteiger partial charge in [-0.05, 0) is 18.8 Å². The molecule has 1 heterocycles. The topological polar surface area (TPSA) is 38.5 Å². The summed E-state index contributed by atoms with van der Waals surface area (Å²) in [5, 5.41) is 0. The van der Waals surface area contributed by atoms with E-state index in [1.54, 1.807) is 7.11 Å². The van der Waals surface area contributed by atoms with Crippen LogP contribution in [0.2, 0.25) is 0 Å². The number of rotatable bonds is 4. The molecule has 3 heteroatoms. The first-order chi connectivity index (χ1) is 6.67. The zero-order valence-electron chi connectivity index (χ0n) is 9.70. The second-order valence-corrected chi connectivity index (χ2v) is 4.66. The Hall–Kier alpha value is -0.120. The molecule has 0 bridgehead atoms. The van der Waals surface area contributed by atoms with Gasteiger partial charge >= 0.3 is 0 Å². The maximum atomic E-state index is 5.79. The van der Waals surface area contributed by atoms with Gasteiger partial charge in [0.05, 0.1) is 6.10 Å². The molecule has 1 fully saturated rings. The highest BCUT2D eigenvalue weighted by molar-refractivity contribution is 4.83. The lowest BCUT2D eigenvalue weighted by Gasteiger charge is -2.39. The van der Waals surface area contributed by atoms with Gasteiger partial charge in [0.2, 0.25) is 0 Å². The molecule has 1 saturated heterocycles. The number of nitrogens with two attached hydrogens (primary N) is 1. The number of methoxy groups -OCH3 is 1. The molecule has 2 unspecified atom stereocenters. The predicted molar refractivity (Wildman–Crippen MR) is 59.3 cm³/mol. The first-order valence-electron chi connectivity index (χ1n) is 5.64. The van der Waals surface area contributed by atoms with Crippen LogP contribution < -0.4 is 5.73 Å². The van der Waals surface area contributed by atoms with E-state index in [1.807, 2.05) is 0 Å². The van der Waals surface area contributed by atoms with Gasteiger partial charge in [-0.25, -0.2) is 0 Å². The Balaban J connectivity index is 2.43. The molecule has 0 spiro atoms. The fourth-order valence-corrected chi connectivity index (χ4v) is 2.23. The monoisotopic (exact) mass is 200 g/mol. The third-order valence-electron chi connectivity index (χ3n) is 2.99. The Morgan fingerprint density at radius 3 is 2.71 bits per heavy atom. The van der Waals surface area contributed by atoms with Crippen LogP contribution in [0.3, 0.4) is 0 Å². The molecule has 2 atom stereocenters. The van der Waals surface area contributed by atoms with E-state index in [-0.39, 0.29) is 0 Å². The first kappa shape index (κ1) is 12.0. The van der Waals surface area contributed by atoms with Gasteiger partial charge in [0, 0.05) is 32.8 Å². The lowest BCUT2D eigenvalue weighted by Crippen LogP contribution is -2.49. The van der Waals surface area contributed by atoms with Crippen molar-refractivity contribution in [2.24, 2.45) is 11.7 Å². The molecule has 0 aromatic rings. The molecule has 0 aromatic carbocycles. The van der Waals surface area contributed by atoms with E-state index < -0.39 is 0 Å². The Labute approximate surface area is 87.6 Å². The number of hydrogen-bond donors (Lipinski definition) is 1. The fraction of sp³-hybridized carbons (Fsp3) is 1.00. The summed E-state index contributed by atoms with van der Waals surface area (Å²) in [6, 6.07) is 0.524. The van der Waals surface area contributed by atoms with Crippen LogP contribution in [-0.2, 0) is 4.74 Å². The molecular weight excluding hydrogens is 176 g/mol. The Bertz CT molecular complexity index is 161. The minimum absolute atomic E-state index is 0.423. The van der Waals surface area contributed by atoms with Crippen molar-refractivity contribution in [3.05, 3.63) is 0 Å². The summed E-state index contributed by atoms with van der Waals surface area (Å²) in [5.41, 5.74) is 5.79. The third-order valence-corrected chi connectivity index (χ3v) is 2.99. The van der Waals surface area contributed by atoms with Crippen molar-refractivity contribution in [2.45, 2.75) is 38.8 Å². The minimum Gasteiger partial charge on any atom is -0.381 e. The lowest BCUT2D eigenvalue weighted by molar-refractivity contribution is 0.00941. The van der Waals surface area contributed by atoms with Gasteiger partial charge < -0.3 is 10.5 Å². The molecule has 1 aliphatic rings. The predicted octanol–water partition coefficient (Wildman–Crippen LogP) is 1.08. The number of ether oxygens (including phenoxy) is 1. The Morgan fingerprint density at radius 1 is 1.50 bits per heavy atom. The summed E-state index contributed by atoms with van der Waals surface area (Å²) in [5.74, 6) is 0.725. The summed E-state index contributed by atoms with van der Waals surface area (Å²) >= 11 is 0. The molecular formula is C11H24N2O. The largest absolute Gasteiger partial charge is 0.381 e. The van der Waals surface area contributed by atoms with Crippen molar-refractivity contribution in [2.75, 3.05) is 26.7 Å². The van der Waals surface area contributed by atoms with Gasteiger partial charge in [-0.2, -0.15) is 0 Å². The average molecular weight is 200 g/mol.